The van der Waals surface area contributed by atoms with Crippen molar-refractivity contribution in [3.8, 4) is 6.07 Å². The summed E-state index contributed by atoms with van der Waals surface area (Å²) in [6.45, 7) is 2.73. The summed E-state index contributed by atoms with van der Waals surface area (Å²) in [5, 5.41) is 9.15. The number of piperidine rings is 1. The molecule has 0 N–H and O–H groups in total. The first kappa shape index (κ1) is 16.2. The van der Waals surface area contributed by atoms with E-state index in [0.29, 0.717) is 24.8 Å². The second-order valence-electron chi connectivity index (χ2n) is 6.15. The fraction of sp³-hybridized carbons (Fsp3) is 0.562. The summed E-state index contributed by atoms with van der Waals surface area (Å²) in [5.41, 5.74) is 0.766. The molecular formula is C16H20FN3O2S. The molecule has 7 heteroatoms. The van der Waals surface area contributed by atoms with Crippen molar-refractivity contribution in [3.05, 3.63) is 29.6 Å². The summed E-state index contributed by atoms with van der Waals surface area (Å²) in [7, 11) is -2.85. The molecule has 0 aliphatic carbocycles. The van der Waals surface area contributed by atoms with E-state index in [1.54, 1.807) is 12.1 Å². The lowest BCUT2D eigenvalue weighted by molar-refractivity contribution is 0.182. The van der Waals surface area contributed by atoms with Crippen molar-refractivity contribution in [1.29, 1.82) is 5.26 Å². The number of halogens is 1. The first-order chi connectivity index (χ1) is 11.0. The summed E-state index contributed by atoms with van der Waals surface area (Å²) in [5.74, 6) is 0.0131. The molecule has 23 heavy (non-hydrogen) atoms. The number of hydrogen-bond donors (Lipinski definition) is 0. The lowest BCUT2D eigenvalue weighted by Gasteiger charge is -2.41. The Kier molecular flexibility index (Phi) is 4.55. The second kappa shape index (κ2) is 6.46. The molecule has 3 rings (SSSR count). The molecule has 0 unspecified atom stereocenters. The van der Waals surface area contributed by atoms with Gasteiger partial charge < -0.3 is 4.90 Å². The summed E-state index contributed by atoms with van der Waals surface area (Å²) in [6, 6.07) is 7.05. The molecule has 2 fully saturated rings. The number of hydrogen-bond acceptors (Lipinski definition) is 5. The smallest absolute Gasteiger partial charge is 0.152 e. The van der Waals surface area contributed by atoms with E-state index in [0.717, 1.165) is 25.9 Å². The van der Waals surface area contributed by atoms with Crippen LogP contribution in [0, 0.1) is 17.1 Å². The first-order valence-electron chi connectivity index (χ1n) is 7.88. The van der Waals surface area contributed by atoms with Gasteiger partial charge in [0.1, 0.15) is 17.4 Å². The molecule has 0 bridgehead atoms. The Morgan fingerprint density at radius 3 is 2.39 bits per heavy atom. The summed E-state index contributed by atoms with van der Waals surface area (Å²) in [4.78, 5) is 4.31. The average Bonchev–Trinajstić information content (AvgIpc) is 2.55. The van der Waals surface area contributed by atoms with Crippen LogP contribution in [0.3, 0.4) is 0 Å². The van der Waals surface area contributed by atoms with Crippen molar-refractivity contribution in [2.24, 2.45) is 0 Å². The van der Waals surface area contributed by atoms with Crippen molar-refractivity contribution < 1.29 is 12.8 Å². The third-order valence-corrected chi connectivity index (χ3v) is 6.41. The van der Waals surface area contributed by atoms with Crippen molar-refractivity contribution in [1.82, 2.24) is 4.90 Å². The third kappa shape index (κ3) is 3.48. The van der Waals surface area contributed by atoms with Gasteiger partial charge in [0.15, 0.2) is 9.84 Å². The highest BCUT2D eigenvalue weighted by atomic mass is 32.2. The van der Waals surface area contributed by atoms with E-state index < -0.39 is 15.7 Å². The zero-order valence-corrected chi connectivity index (χ0v) is 13.7. The minimum atomic E-state index is -2.85. The van der Waals surface area contributed by atoms with E-state index in [2.05, 4.69) is 9.80 Å². The van der Waals surface area contributed by atoms with E-state index >= 15 is 0 Å². The van der Waals surface area contributed by atoms with E-state index in [1.165, 1.54) is 6.07 Å². The van der Waals surface area contributed by atoms with Gasteiger partial charge in [0.2, 0.25) is 0 Å². The molecular weight excluding hydrogens is 317 g/mol. The Morgan fingerprint density at radius 1 is 1.13 bits per heavy atom. The predicted octanol–water partition coefficient (Wildman–Crippen LogP) is 1.40. The largest absolute Gasteiger partial charge is 0.370 e. The Balaban J connectivity index is 1.63. The van der Waals surface area contributed by atoms with E-state index in [1.807, 2.05) is 6.07 Å². The third-order valence-electron chi connectivity index (χ3n) is 4.80. The van der Waals surface area contributed by atoms with E-state index in [4.69, 9.17) is 5.26 Å². The molecule has 1 aromatic rings. The normalized spacial score (nSPS) is 22.7. The molecule has 0 atom stereocenters. The van der Waals surface area contributed by atoms with Crippen LogP contribution >= 0.6 is 0 Å². The molecule has 2 heterocycles. The van der Waals surface area contributed by atoms with Gasteiger partial charge in [-0.15, -0.1) is 0 Å². The fourth-order valence-electron chi connectivity index (χ4n) is 3.45. The molecule has 0 spiro atoms. The van der Waals surface area contributed by atoms with Crippen molar-refractivity contribution in [2.75, 3.05) is 42.6 Å². The van der Waals surface area contributed by atoms with Crippen LogP contribution in [0.1, 0.15) is 18.4 Å². The van der Waals surface area contributed by atoms with Crippen molar-refractivity contribution >= 4 is 15.5 Å². The van der Waals surface area contributed by atoms with Gasteiger partial charge in [-0.2, -0.15) is 5.26 Å². The van der Waals surface area contributed by atoms with Crippen LogP contribution in [0.2, 0.25) is 0 Å². The Bertz CT molecular complexity index is 707. The maximum absolute atomic E-state index is 13.7. The Morgan fingerprint density at radius 2 is 1.78 bits per heavy atom. The van der Waals surface area contributed by atoms with E-state index in [-0.39, 0.29) is 17.1 Å². The number of benzene rings is 1. The van der Waals surface area contributed by atoms with Gasteiger partial charge in [-0.05, 0) is 25.0 Å². The highest BCUT2D eigenvalue weighted by Gasteiger charge is 2.30. The quantitative estimate of drug-likeness (QED) is 0.816. The molecule has 2 aliphatic rings. The van der Waals surface area contributed by atoms with Crippen LogP contribution in [-0.4, -0.2) is 57.0 Å². The van der Waals surface area contributed by atoms with Gasteiger partial charge in [-0.1, -0.05) is 6.07 Å². The lowest BCUT2D eigenvalue weighted by atomic mass is 10.0. The monoisotopic (exact) mass is 337 g/mol. The van der Waals surface area contributed by atoms with Crippen LogP contribution in [0.4, 0.5) is 10.1 Å². The lowest BCUT2D eigenvalue weighted by Crippen LogP contribution is -2.50. The van der Waals surface area contributed by atoms with E-state index in [9.17, 15) is 12.8 Å². The summed E-state index contributed by atoms with van der Waals surface area (Å²) in [6.07, 6.45) is 1.81. The fourth-order valence-corrected chi connectivity index (χ4v) is 4.68. The van der Waals surface area contributed by atoms with Crippen LogP contribution < -0.4 is 4.90 Å². The number of sulfone groups is 1. The molecule has 2 saturated heterocycles. The molecule has 124 valence electrons. The second-order valence-corrected chi connectivity index (χ2v) is 8.46. The molecule has 0 amide bonds. The molecule has 5 nitrogen and oxygen atoms in total. The topological polar surface area (TPSA) is 64.4 Å². The van der Waals surface area contributed by atoms with Gasteiger partial charge in [0, 0.05) is 32.2 Å². The highest BCUT2D eigenvalue weighted by molar-refractivity contribution is 7.91. The van der Waals surface area contributed by atoms with Crippen molar-refractivity contribution in [3.63, 3.8) is 0 Å². The summed E-state index contributed by atoms with van der Waals surface area (Å²) < 4.78 is 36.8. The maximum Gasteiger partial charge on any atom is 0.152 e. The molecule has 0 saturated carbocycles. The number of nitriles is 1. The first-order valence-corrected chi connectivity index (χ1v) is 9.70. The highest BCUT2D eigenvalue weighted by Crippen LogP contribution is 2.27. The minimum Gasteiger partial charge on any atom is -0.370 e. The van der Waals surface area contributed by atoms with Crippen LogP contribution in [-0.2, 0) is 9.84 Å². The molecule has 1 aromatic carbocycles. The molecule has 0 radical (unpaired) electrons. The van der Waals surface area contributed by atoms with Gasteiger partial charge in [0.05, 0.1) is 17.2 Å². The molecule has 2 aliphatic heterocycles. The zero-order chi connectivity index (χ0) is 16.4. The standard InChI is InChI=1S/C16H20FN3O2S/c17-15-2-1-3-16(14(15)12-18)20-6-4-13(5-7-20)19-8-10-23(21,22)11-9-19/h1-3,13H,4-11H2. The maximum atomic E-state index is 13.7. The van der Waals surface area contributed by atoms with Crippen LogP contribution in [0.15, 0.2) is 18.2 Å². The average molecular weight is 337 g/mol. The Labute approximate surface area is 136 Å². The number of anilines is 1. The number of rotatable bonds is 2. The van der Waals surface area contributed by atoms with Gasteiger partial charge in [-0.3, -0.25) is 4.90 Å². The zero-order valence-electron chi connectivity index (χ0n) is 12.9. The van der Waals surface area contributed by atoms with Crippen LogP contribution in [0.5, 0.6) is 0 Å². The van der Waals surface area contributed by atoms with Gasteiger partial charge >= 0.3 is 0 Å². The molecule has 0 aromatic heterocycles. The Hall–Kier alpha value is -1.65. The number of nitrogens with zero attached hydrogens (tertiary/aromatic N) is 3. The minimum absolute atomic E-state index is 0.106. The SMILES string of the molecule is N#Cc1c(F)cccc1N1CCC(N2CCS(=O)(=O)CC2)CC1. The van der Waals surface area contributed by atoms with Crippen LogP contribution in [0.25, 0.3) is 0 Å². The predicted molar refractivity (Wildman–Crippen MR) is 86.6 cm³/mol. The van der Waals surface area contributed by atoms with Crippen molar-refractivity contribution in [2.45, 2.75) is 18.9 Å². The van der Waals surface area contributed by atoms with Gasteiger partial charge in [0.25, 0.3) is 0 Å². The summed E-state index contributed by atoms with van der Waals surface area (Å²) >= 11 is 0. The van der Waals surface area contributed by atoms with Gasteiger partial charge in [-0.25, -0.2) is 12.8 Å².